The van der Waals surface area contributed by atoms with Crippen molar-refractivity contribution in [2.75, 3.05) is 7.11 Å². The molecule has 0 aliphatic rings. The van der Waals surface area contributed by atoms with Gasteiger partial charge in [-0.25, -0.2) is 0 Å². The molecule has 70 valence electrons. The number of para-hydroxylation sites is 1. The molecule has 4 heteroatoms. The molecule has 13 heavy (non-hydrogen) atoms. The minimum Gasteiger partial charge on any atom is -0.495 e. The maximum Gasteiger partial charge on any atom is 0.307 e. The molecule has 1 rings (SSSR count). The zero-order chi connectivity index (χ0) is 9.84. The van der Waals surface area contributed by atoms with Gasteiger partial charge in [0.05, 0.1) is 18.6 Å². The van der Waals surface area contributed by atoms with Crippen LogP contribution < -0.4 is 4.74 Å². The second kappa shape index (κ2) is 4.14. The summed E-state index contributed by atoms with van der Waals surface area (Å²) in [6.07, 6.45) is -0.0796. The van der Waals surface area contributed by atoms with Crippen LogP contribution >= 0.6 is 11.6 Å². The first-order chi connectivity index (χ1) is 6.15. The second-order valence-electron chi connectivity index (χ2n) is 2.50. The lowest BCUT2D eigenvalue weighted by Gasteiger charge is -2.07. The normalized spacial score (nSPS) is 9.69. The molecular weight excluding hydrogens is 192 g/mol. The molecule has 0 atom stereocenters. The standard InChI is InChI=1S/C9H9ClO3/c1-13-9-6(5-8(11)12)3-2-4-7(9)10/h2-4H,5H2,1H3,(H,11,12). The number of aliphatic carboxylic acids is 1. The van der Waals surface area contributed by atoms with E-state index in [9.17, 15) is 4.79 Å². The highest BCUT2D eigenvalue weighted by Gasteiger charge is 2.09. The molecule has 0 aliphatic carbocycles. The summed E-state index contributed by atoms with van der Waals surface area (Å²) in [6, 6.07) is 5.04. The van der Waals surface area contributed by atoms with Gasteiger partial charge in [0, 0.05) is 5.56 Å². The van der Waals surface area contributed by atoms with Crippen molar-refractivity contribution in [3.8, 4) is 5.75 Å². The number of halogens is 1. The summed E-state index contributed by atoms with van der Waals surface area (Å²) in [6.45, 7) is 0. The first-order valence-corrected chi connectivity index (χ1v) is 4.06. The molecule has 0 bridgehead atoms. The van der Waals surface area contributed by atoms with Crippen LogP contribution in [0.5, 0.6) is 5.75 Å². The minimum absolute atomic E-state index is 0.0796. The van der Waals surface area contributed by atoms with Crippen molar-refractivity contribution in [2.45, 2.75) is 6.42 Å². The largest absolute Gasteiger partial charge is 0.495 e. The van der Waals surface area contributed by atoms with Gasteiger partial charge in [0.25, 0.3) is 0 Å². The quantitative estimate of drug-likeness (QED) is 0.812. The SMILES string of the molecule is COc1c(Cl)cccc1CC(=O)O. The molecule has 0 fully saturated rings. The average molecular weight is 201 g/mol. The molecule has 0 aliphatic heterocycles. The topological polar surface area (TPSA) is 46.5 Å². The fraction of sp³-hybridized carbons (Fsp3) is 0.222. The first kappa shape index (κ1) is 9.86. The Morgan fingerprint density at radius 3 is 2.85 bits per heavy atom. The Morgan fingerprint density at radius 2 is 2.31 bits per heavy atom. The highest BCUT2D eigenvalue weighted by atomic mass is 35.5. The number of carboxylic acid groups (broad SMARTS) is 1. The summed E-state index contributed by atoms with van der Waals surface area (Å²) < 4.78 is 4.98. The number of methoxy groups -OCH3 is 1. The van der Waals surface area contributed by atoms with Gasteiger partial charge in [-0.1, -0.05) is 23.7 Å². The molecule has 0 unspecified atom stereocenters. The molecule has 0 saturated carbocycles. The molecule has 0 spiro atoms. The summed E-state index contributed by atoms with van der Waals surface area (Å²) in [7, 11) is 1.46. The maximum atomic E-state index is 10.4. The fourth-order valence-corrected chi connectivity index (χ4v) is 1.36. The summed E-state index contributed by atoms with van der Waals surface area (Å²) in [5.74, 6) is -0.466. The zero-order valence-corrected chi connectivity index (χ0v) is 7.84. The van der Waals surface area contributed by atoms with E-state index in [0.29, 0.717) is 16.3 Å². The molecule has 1 aromatic rings. The predicted molar refractivity (Wildman–Crippen MR) is 49.3 cm³/mol. The highest BCUT2D eigenvalue weighted by Crippen LogP contribution is 2.28. The first-order valence-electron chi connectivity index (χ1n) is 3.68. The van der Waals surface area contributed by atoms with Crippen LogP contribution in [0.1, 0.15) is 5.56 Å². The molecule has 0 aromatic heterocycles. The number of hydrogen-bond donors (Lipinski definition) is 1. The van der Waals surface area contributed by atoms with Crippen LogP contribution in [0.3, 0.4) is 0 Å². The third-order valence-corrected chi connectivity index (χ3v) is 1.89. The van der Waals surface area contributed by atoms with E-state index >= 15 is 0 Å². The Labute approximate surface area is 80.9 Å². The van der Waals surface area contributed by atoms with Crippen molar-refractivity contribution in [2.24, 2.45) is 0 Å². The van der Waals surface area contributed by atoms with Gasteiger partial charge in [-0.3, -0.25) is 4.79 Å². The number of benzene rings is 1. The van der Waals surface area contributed by atoms with Gasteiger partial charge >= 0.3 is 5.97 Å². The lowest BCUT2D eigenvalue weighted by atomic mass is 10.1. The van der Waals surface area contributed by atoms with E-state index in [1.165, 1.54) is 7.11 Å². The molecule has 1 aromatic carbocycles. The number of carboxylic acids is 1. The predicted octanol–water partition coefficient (Wildman–Crippen LogP) is 1.98. The molecule has 3 nitrogen and oxygen atoms in total. The molecule has 0 saturated heterocycles. The van der Waals surface area contributed by atoms with Gasteiger partial charge in [-0.05, 0) is 6.07 Å². The number of ether oxygens (including phenoxy) is 1. The molecule has 0 radical (unpaired) electrons. The number of carbonyl (C=O) groups is 1. The zero-order valence-electron chi connectivity index (χ0n) is 7.08. The van der Waals surface area contributed by atoms with Crippen LogP contribution in [-0.2, 0) is 11.2 Å². The van der Waals surface area contributed by atoms with Crippen molar-refractivity contribution >= 4 is 17.6 Å². The van der Waals surface area contributed by atoms with Crippen molar-refractivity contribution < 1.29 is 14.6 Å². The lowest BCUT2D eigenvalue weighted by molar-refractivity contribution is -0.136. The van der Waals surface area contributed by atoms with Gasteiger partial charge in [-0.15, -0.1) is 0 Å². The molecule has 1 N–H and O–H groups in total. The third kappa shape index (κ3) is 2.36. The Balaban J connectivity index is 3.05. The Kier molecular flexibility index (Phi) is 3.14. The van der Waals surface area contributed by atoms with Gasteiger partial charge in [-0.2, -0.15) is 0 Å². The number of rotatable bonds is 3. The average Bonchev–Trinajstić information content (AvgIpc) is 2.03. The van der Waals surface area contributed by atoms with Gasteiger partial charge in [0.15, 0.2) is 0 Å². The van der Waals surface area contributed by atoms with Crippen molar-refractivity contribution in [1.29, 1.82) is 0 Å². The van der Waals surface area contributed by atoms with Crippen LogP contribution in [0, 0.1) is 0 Å². The van der Waals surface area contributed by atoms with Gasteiger partial charge in [0.1, 0.15) is 5.75 Å². The second-order valence-corrected chi connectivity index (χ2v) is 2.91. The van der Waals surface area contributed by atoms with Crippen LogP contribution in [-0.4, -0.2) is 18.2 Å². The molecular formula is C9H9ClO3. The van der Waals surface area contributed by atoms with E-state index < -0.39 is 5.97 Å². The van der Waals surface area contributed by atoms with Crippen LogP contribution in [0.25, 0.3) is 0 Å². The summed E-state index contributed by atoms with van der Waals surface area (Å²) >= 11 is 5.80. The maximum absolute atomic E-state index is 10.4. The fourth-order valence-electron chi connectivity index (χ4n) is 1.08. The monoisotopic (exact) mass is 200 g/mol. The lowest BCUT2D eigenvalue weighted by Crippen LogP contribution is -2.02. The van der Waals surface area contributed by atoms with E-state index in [1.807, 2.05) is 0 Å². The van der Waals surface area contributed by atoms with E-state index in [-0.39, 0.29) is 6.42 Å². The minimum atomic E-state index is -0.902. The van der Waals surface area contributed by atoms with Crippen LogP contribution in [0.2, 0.25) is 5.02 Å². The Morgan fingerprint density at radius 1 is 1.62 bits per heavy atom. The van der Waals surface area contributed by atoms with Crippen LogP contribution in [0.15, 0.2) is 18.2 Å². The van der Waals surface area contributed by atoms with E-state index in [4.69, 9.17) is 21.4 Å². The smallest absolute Gasteiger partial charge is 0.307 e. The van der Waals surface area contributed by atoms with Gasteiger partial charge in [0.2, 0.25) is 0 Å². The van der Waals surface area contributed by atoms with Crippen molar-refractivity contribution in [1.82, 2.24) is 0 Å². The van der Waals surface area contributed by atoms with Gasteiger partial charge < -0.3 is 9.84 Å². The Hall–Kier alpha value is -1.22. The third-order valence-electron chi connectivity index (χ3n) is 1.59. The van der Waals surface area contributed by atoms with E-state index in [1.54, 1.807) is 18.2 Å². The van der Waals surface area contributed by atoms with Crippen LogP contribution in [0.4, 0.5) is 0 Å². The van der Waals surface area contributed by atoms with E-state index in [0.717, 1.165) is 0 Å². The van der Waals surface area contributed by atoms with Crippen molar-refractivity contribution in [3.63, 3.8) is 0 Å². The molecule has 0 heterocycles. The number of hydrogen-bond acceptors (Lipinski definition) is 2. The van der Waals surface area contributed by atoms with E-state index in [2.05, 4.69) is 0 Å². The summed E-state index contributed by atoms with van der Waals surface area (Å²) in [4.78, 5) is 10.4. The van der Waals surface area contributed by atoms with Crippen molar-refractivity contribution in [3.05, 3.63) is 28.8 Å². The Bertz CT molecular complexity index is 323. The summed E-state index contributed by atoms with van der Waals surface area (Å²) in [5.41, 5.74) is 0.586. The highest BCUT2D eigenvalue weighted by molar-refractivity contribution is 6.32. The molecule has 0 amide bonds. The summed E-state index contributed by atoms with van der Waals surface area (Å²) in [5, 5.41) is 9.01.